The summed E-state index contributed by atoms with van der Waals surface area (Å²) in [5, 5.41) is 7.65. The molecule has 1 heterocycles. The number of benzene rings is 1. The largest absolute Gasteiger partial charge is 0.374 e. The first-order valence-electron chi connectivity index (χ1n) is 3.72. The molecular formula is C8H5F2N3S. The van der Waals surface area contributed by atoms with Gasteiger partial charge in [0.25, 0.3) is 0 Å². The summed E-state index contributed by atoms with van der Waals surface area (Å²) in [6.07, 6.45) is 0. The quantitative estimate of drug-likeness (QED) is 0.788. The molecule has 0 bridgehead atoms. The summed E-state index contributed by atoms with van der Waals surface area (Å²) < 4.78 is 26.0. The van der Waals surface area contributed by atoms with Gasteiger partial charge in [0.2, 0.25) is 5.13 Å². The van der Waals surface area contributed by atoms with Crippen LogP contribution in [0.15, 0.2) is 18.2 Å². The Balaban J connectivity index is 2.57. The zero-order valence-corrected chi connectivity index (χ0v) is 7.68. The van der Waals surface area contributed by atoms with Crippen LogP contribution in [0.2, 0.25) is 0 Å². The van der Waals surface area contributed by atoms with E-state index in [1.54, 1.807) is 0 Å². The van der Waals surface area contributed by atoms with Gasteiger partial charge in [0, 0.05) is 0 Å². The molecule has 0 aliphatic heterocycles. The lowest BCUT2D eigenvalue weighted by atomic mass is 10.2. The fraction of sp³-hybridized carbons (Fsp3) is 0. The van der Waals surface area contributed by atoms with E-state index >= 15 is 0 Å². The second-order valence-corrected chi connectivity index (χ2v) is 3.56. The van der Waals surface area contributed by atoms with E-state index in [2.05, 4.69) is 10.2 Å². The Bertz CT molecular complexity index is 469. The molecule has 0 unspecified atom stereocenters. The predicted octanol–water partition coefficient (Wildman–Crippen LogP) is 2.07. The van der Waals surface area contributed by atoms with Crippen molar-refractivity contribution in [3.63, 3.8) is 0 Å². The van der Waals surface area contributed by atoms with E-state index in [0.29, 0.717) is 0 Å². The van der Waals surface area contributed by atoms with Crippen molar-refractivity contribution in [1.29, 1.82) is 0 Å². The summed E-state index contributed by atoms with van der Waals surface area (Å²) in [4.78, 5) is 0. The van der Waals surface area contributed by atoms with E-state index in [9.17, 15) is 8.78 Å². The summed E-state index contributed by atoms with van der Waals surface area (Å²) in [5.41, 5.74) is 5.42. The first-order chi connectivity index (χ1) is 6.68. The van der Waals surface area contributed by atoms with Gasteiger partial charge in [-0.05, 0) is 12.1 Å². The Morgan fingerprint density at radius 2 is 2.00 bits per heavy atom. The van der Waals surface area contributed by atoms with Crippen molar-refractivity contribution in [2.24, 2.45) is 0 Å². The van der Waals surface area contributed by atoms with Gasteiger partial charge in [-0.25, -0.2) is 8.78 Å². The Labute approximate surface area is 82.2 Å². The van der Waals surface area contributed by atoms with E-state index in [1.165, 1.54) is 12.1 Å². The number of nitrogens with zero attached hydrogens (tertiary/aromatic N) is 2. The minimum atomic E-state index is -0.927. The highest BCUT2D eigenvalue weighted by Gasteiger charge is 2.12. The summed E-state index contributed by atoms with van der Waals surface area (Å²) >= 11 is 1.01. The summed E-state index contributed by atoms with van der Waals surface area (Å²) in [6.45, 7) is 0. The molecular weight excluding hydrogens is 208 g/mol. The second-order valence-electron chi connectivity index (χ2n) is 2.55. The van der Waals surface area contributed by atoms with Gasteiger partial charge in [0.05, 0.1) is 5.56 Å². The van der Waals surface area contributed by atoms with E-state index < -0.39 is 11.6 Å². The standard InChI is InChI=1S/C8H5F2N3S/c9-5-3-1-2-4(6(5)10)7-12-13-8(11)14-7/h1-3H,(H2,11,13). The molecule has 2 aromatic rings. The minimum absolute atomic E-state index is 0.0826. The normalized spacial score (nSPS) is 10.4. The van der Waals surface area contributed by atoms with Crippen LogP contribution in [-0.2, 0) is 0 Å². The average Bonchev–Trinajstić information content (AvgIpc) is 2.57. The highest BCUT2D eigenvalue weighted by atomic mass is 32.1. The SMILES string of the molecule is Nc1nnc(-c2cccc(F)c2F)s1. The predicted molar refractivity (Wildman–Crippen MR) is 49.7 cm³/mol. The summed E-state index contributed by atoms with van der Waals surface area (Å²) in [5.74, 6) is -1.83. The Kier molecular flexibility index (Phi) is 2.12. The Hall–Kier alpha value is -1.56. The maximum Gasteiger partial charge on any atom is 0.203 e. The maximum atomic E-state index is 13.2. The van der Waals surface area contributed by atoms with Crippen LogP contribution >= 0.6 is 11.3 Å². The molecule has 3 nitrogen and oxygen atoms in total. The van der Waals surface area contributed by atoms with E-state index in [1.807, 2.05) is 0 Å². The number of aromatic nitrogens is 2. The summed E-state index contributed by atoms with van der Waals surface area (Å²) in [7, 11) is 0. The Morgan fingerprint density at radius 3 is 2.64 bits per heavy atom. The highest BCUT2D eigenvalue weighted by Crippen LogP contribution is 2.27. The minimum Gasteiger partial charge on any atom is -0.374 e. The van der Waals surface area contributed by atoms with Crippen molar-refractivity contribution in [2.45, 2.75) is 0 Å². The number of rotatable bonds is 1. The van der Waals surface area contributed by atoms with Crippen molar-refractivity contribution < 1.29 is 8.78 Å². The van der Waals surface area contributed by atoms with Gasteiger partial charge in [-0.1, -0.05) is 17.4 Å². The zero-order chi connectivity index (χ0) is 10.1. The van der Waals surface area contributed by atoms with Crippen molar-refractivity contribution in [3.8, 4) is 10.6 Å². The monoisotopic (exact) mass is 213 g/mol. The first kappa shape index (κ1) is 9.01. The van der Waals surface area contributed by atoms with Crippen LogP contribution in [0.4, 0.5) is 13.9 Å². The van der Waals surface area contributed by atoms with Gasteiger partial charge >= 0.3 is 0 Å². The molecule has 0 radical (unpaired) electrons. The molecule has 0 aliphatic rings. The maximum absolute atomic E-state index is 13.2. The molecule has 0 atom stereocenters. The summed E-state index contributed by atoms with van der Waals surface area (Å²) in [6, 6.07) is 3.88. The van der Waals surface area contributed by atoms with E-state index in [0.717, 1.165) is 17.4 Å². The van der Waals surface area contributed by atoms with Crippen LogP contribution in [0.1, 0.15) is 0 Å². The first-order valence-corrected chi connectivity index (χ1v) is 4.53. The third-order valence-corrected chi connectivity index (χ3v) is 2.41. The lowest BCUT2D eigenvalue weighted by molar-refractivity contribution is 0.511. The van der Waals surface area contributed by atoms with Gasteiger partial charge in [-0.2, -0.15) is 0 Å². The molecule has 1 aromatic heterocycles. The number of nitrogen functional groups attached to an aromatic ring is 1. The number of hydrogen-bond acceptors (Lipinski definition) is 4. The molecule has 0 aliphatic carbocycles. The lowest BCUT2D eigenvalue weighted by Gasteiger charge is -1.97. The van der Waals surface area contributed by atoms with Crippen LogP contribution < -0.4 is 5.73 Å². The topological polar surface area (TPSA) is 51.8 Å². The van der Waals surface area contributed by atoms with E-state index in [-0.39, 0.29) is 15.7 Å². The number of nitrogens with two attached hydrogens (primary N) is 1. The van der Waals surface area contributed by atoms with Crippen LogP contribution in [0, 0.1) is 11.6 Å². The molecule has 14 heavy (non-hydrogen) atoms. The molecule has 0 saturated carbocycles. The van der Waals surface area contributed by atoms with Gasteiger partial charge in [-0.15, -0.1) is 10.2 Å². The molecule has 2 rings (SSSR count). The van der Waals surface area contributed by atoms with Gasteiger partial charge < -0.3 is 5.73 Å². The highest BCUT2D eigenvalue weighted by molar-refractivity contribution is 7.18. The third-order valence-electron chi connectivity index (χ3n) is 1.62. The molecule has 0 saturated heterocycles. The molecule has 6 heteroatoms. The number of halogens is 2. The fourth-order valence-electron chi connectivity index (χ4n) is 1.01. The molecule has 1 aromatic carbocycles. The van der Waals surface area contributed by atoms with Crippen molar-refractivity contribution in [1.82, 2.24) is 10.2 Å². The van der Waals surface area contributed by atoms with Crippen molar-refractivity contribution in [3.05, 3.63) is 29.8 Å². The fourth-order valence-corrected chi connectivity index (χ4v) is 1.64. The number of hydrogen-bond donors (Lipinski definition) is 1. The zero-order valence-electron chi connectivity index (χ0n) is 6.87. The molecule has 2 N–H and O–H groups in total. The van der Waals surface area contributed by atoms with Gasteiger partial charge in [-0.3, -0.25) is 0 Å². The molecule has 0 amide bonds. The third kappa shape index (κ3) is 1.44. The van der Waals surface area contributed by atoms with Gasteiger partial charge in [0.15, 0.2) is 16.6 Å². The van der Waals surface area contributed by atoms with Crippen LogP contribution in [-0.4, -0.2) is 10.2 Å². The second kappa shape index (κ2) is 3.30. The smallest absolute Gasteiger partial charge is 0.203 e. The van der Waals surface area contributed by atoms with Crippen LogP contribution in [0.5, 0.6) is 0 Å². The van der Waals surface area contributed by atoms with E-state index in [4.69, 9.17) is 5.73 Å². The van der Waals surface area contributed by atoms with Crippen molar-refractivity contribution in [2.75, 3.05) is 5.73 Å². The molecule has 72 valence electrons. The molecule has 0 fully saturated rings. The van der Waals surface area contributed by atoms with Gasteiger partial charge in [0.1, 0.15) is 0 Å². The average molecular weight is 213 g/mol. The lowest BCUT2D eigenvalue weighted by Crippen LogP contribution is -1.88. The Morgan fingerprint density at radius 1 is 1.21 bits per heavy atom. The van der Waals surface area contributed by atoms with Crippen LogP contribution in [0.25, 0.3) is 10.6 Å². The molecule has 0 spiro atoms. The van der Waals surface area contributed by atoms with Crippen LogP contribution in [0.3, 0.4) is 0 Å². The number of anilines is 1. The van der Waals surface area contributed by atoms with Crippen molar-refractivity contribution >= 4 is 16.5 Å².